The lowest BCUT2D eigenvalue weighted by atomic mass is 9.77. The van der Waals surface area contributed by atoms with Crippen molar-refractivity contribution in [2.75, 3.05) is 14.2 Å². The van der Waals surface area contributed by atoms with Crippen LogP contribution in [0.2, 0.25) is 0 Å². The standard InChI is InChI=1S/C16H22BrClO2/c1-4-16(9-5-6-10-16)15(18)11-7-8-12(19-2)13(17)14(11)20-3/h7-8,15H,4-6,9-10H2,1-3H3. The first kappa shape index (κ1) is 16.0. The summed E-state index contributed by atoms with van der Waals surface area (Å²) in [5, 5.41) is -0.0212. The fraction of sp³-hybridized carbons (Fsp3) is 0.625. The Kier molecular flexibility index (Phi) is 5.25. The molecule has 1 aliphatic carbocycles. The third-order valence-electron chi connectivity index (χ3n) is 4.63. The van der Waals surface area contributed by atoms with Gasteiger partial charge in [-0.1, -0.05) is 25.8 Å². The first-order valence-corrected chi connectivity index (χ1v) is 8.37. The summed E-state index contributed by atoms with van der Waals surface area (Å²) in [5.41, 5.74) is 1.26. The second-order valence-corrected chi connectivity index (χ2v) is 6.72. The van der Waals surface area contributed by atoms with E-state index in [1.165, 1.54) is 25.7 Å². The van der Waals surface area contributed by atoms with E-state index in [4.69, 9.17) is 21.1 Å². The first-order valence-electron chi connectivity index (χ1n) is 7.14. The maximum Gasteiger partial charge on any atom is 0.141 e. The molecule has 0 spiro atoms. The van der Waals surface area contributed by atoms with Gasteiger partial charge in [0.05, 0.1) is 19.6 Å². The minimum atomic E-state index is -0.0212. The molecule has 2 nitrogen and oxygen atoms in total. The molecule has 1 aliphatic rings. The maximum absolute atomic E-state index is 6.88. The highest BCUT2D eigenvalue weighted by Crippen LogP contribution is 2.56. The van der Waals surface area contributed by atoms with E-state index in [9.17, 15) is 0 Å². The van der Waals surface area contributed by atoms with Gasteiger partial charge in [0.15, 0.2) is 0 Å². The summed E-state index contributed by atoms with van der Waals surface area (Å²) in [5.74, 6) is 1.57. The van der Waals surface area contributed by atoms with E-state index in [-0.39, 0.29) is 10.8 Å². The van der Waals surface area contributed by atoms with E-state index in [0.717, 1.165) is 28.0 Å². The van der Waals surface area contributed by atoms with E-state index >= 15 is 0 Å². The third-order valence-corrected chi connectivity index (χ3v) is 6.08. The highest BCUT2D eigenvalue weighted by atomic mass is 79.9. The third kappa shape index (κ3) is 2.67. The number of methoxy groups -OCH3 is 2. The number of benzene rings is 1. The van der Waals surface area contributed by atoms with E-state index in [1.54, 1.807) is 14.2 Å². The van der Waals surface area contributed by atoms with Gasteiger partial charge in [0.1, 0.15) is 16.0 Å². The van der Waals surface area contributed by atoms with Crippen LogP contribution in [-0.4, -0.2) is 14.2 Å². The van der Waals surface area contributed by atoms with Crippen molar-refractivity contribution in [1.82, 2.24) is 0 Å². The zero-order chi connectivity index (χ0) is 14.8. The number of alkyl halides is 1. The van der Waals surface area contributed by atoms with Crippen molar-refractivity contribution in [2.45, 2.75) is 44.4 Å². The van der Waals surface area contributed by atoms with Crippen LogP contribution < -0.4 is 9.47 Å². The molecule has 1 fully saturated rings. The minimum Gasteiger partial charge on any atom is -0.495 e. The van der Waals surface area contributed by atoms with Crippen molar-refractivity contribution in [3.05, 3.63) is 22.2 Å². The molecule has 0 saturated heterocycles. The van der Waals surface area contributed by atoms with Crippen LogP contribution in [0, 0.1) is 5.41 Å². The van der Waals surface area contributed by atoms with Crippen LogP contribution in [-0.2, 0) is 0 Å². The van der Waals surface area contributed by atoms with Crippen molar-refractivity contribution in [1.29, 1.82) is 0 Å². The lowest BCUT2D eigenvalue weighted by Crippen LogP contribution is -2.22. The van der Waals surface area contributed by atoms with Crippen LogP contribution >= 0.6 is 27.5 Å². The summed E-state index contributed by atoms with van der Waals surface area (Å²) in [4.78, 5) is 0. The molecule has 1 aromatic rings. The van der Waals surface area contributed by atoms with Crippen LogP contribution in [0.3, 0.4) is 0 Å². The summed E-state index contributed by atoms with van der Waals surface area (Å²) < 4.78 is 11.7. The van der Waals surface area contributed by atoms with Crippen molar-refractivity contribution in [3.8, 4) is 11.5 Å². The summed E-state index contributed by atoms with van der Waals surface area (Å²) in [6, 6.07) is 3.99. The van der Waals surface area contributed by atoms with Gasteiger partial charge in [-0.05, 0) is 46.7 Å². The van der Waals surface area contributed by atoms with Crippen LogP contribution in [0.4, 0.5) is 0 Å². The Morgan fingerprint density at radius 2 is 1.90 bits per heavy atom. The molecule has 4 heteroatoms. The topological polar surface area (TPSA) is 18.5 Å². The monoisotopic (exact) mass is 360 g/mol. The molecule has 0 radical (unpaired) electrons. The molecule has 0 amide bonds. The van der Waals surface area contributed by atoms with Crippen LogP contribution in [0.25, 0.3) is 0 Å². The van der Waals surface area contributed by atoms with E-state index < -0.39 is 0 Å². The lowest BCUT2D eigenvalue weighted by Gasteiger charge is -2.34. The molecule has 0 heterocycles. The predicted octanol–water partition coefficient (Wildman–Crippen LogP) is 5.72. The summed E-state index contributed by atoms with van der Waals surface area (Å²) in [6.07, 6.45) is 6.05. The van der Waals surface area contributed by atoms with Gasteiger partial charge in [0.25, 0.3) is 0 Å². The lowest BCUT2D eigenvalue weighted by molar-refractivity contribution is 0.265. The Morgan fingerprint density at radius 1 is 1.25 bits per heavy atom. The normalized spacial score (nSPS) is 18.9. The minimum absolute atomic E-state index is 0.0212. The smallest absolute Gasteiger partial charge is 0.141 e. The predicted molar refractivity (Wildman–Crippen MR) is 87.0 cm³/mol. The molecule has 2 rings (SSSR count). The van der Waals surface area contributed by atoms with Gasteiger partial charge >= 0.3 is 0 Å². The molecule has 0 aliphatic heterocycles. The van der Waals surface area contributed by atoms with Gasteiger partial charge in [-0.15, -0.1) is 11.6 Å². The Balaban J connectivity index is 2.44. The fourth-order valence-corrected chi connectivity index (χ4v) is 4.54. The number of hydrogen-bond donors (Lipinski definition) is 0. The molecule has 20 heavy (non-hydrogen) atoms. The first-order chi connectivity index (χ1) is 9.59. The van der Waals surface area contributed by atoms with Gasteiger partial charge < -0.3 is 9.47 Å². The Labute approximate surface area is 134 Å². The molecule has 0 bridgehead atoms. The molecule has 1 unspecified atom stereocenters. The number of halogens is 2. The van der Waals surface area contributed by atoms with Gasteiger partial charge in [-0.2, -0.15) is 0 Å². The van der Waals surface area contributed by atoms with Crippen molar-refractivity contribution < 1.29 is 9.47 Å². The molecule has 1 saturated carbocycles. The molecule has 1 aromatic carbocycles. The van der Waals surface area contributed by atoms with Crippen molar-refractivity contribution in [2.24, 2.45) is 5.41 Å². The van der Waals surface area contributed by atoms with Crippen LogP contribution in [0.5, 0.6) is 11.5 Å². The number of hydrogen-bond acceptors (Lipinski definition) is 2. The highest BCUT2D eigenvalue weighted by molar-refractivity contribution is 9.10. The number of rotatable bonds is 5. The quantitative estimate of drug-likeness (QED) is 0.625. The molecule has 0 aromatic heterocycles. The Bertz CT molecular complexity index is 470. The van der Waals surface area contributed by atoms with E-state index in [1.807, 2.05) is 12.1 Å². The van der Waals surface area contributed by atoms with Gasteiger partial charge in [0.2, 0.25) is 0 Å². The molecular weight excluding hydrogens is 340 g/mol. The van der Waals surface area contributed by atoms with Gasteiger partial charge in [-0.3, -0.25) is 0 Å². The van der Waals surface area contributed by atoms with Crippen LogP contribution in [0.1, 0.15) is 50.0 Å². The summed E-state index contributed by atoms with van der Waals surface area (Å²) in [7, 11) is 3.34. The Hall–Kier alpha value is -0.410. The zero-order valence-electron chi connectivity index (χ0n) is 12.3. The average molecular weight is 362 g/mol. The van der Waals surface area contributed by atoms with Crippen molar-refractivity contribution >= 4 is 27.5 Å². The summed E-state index contributed by atoms with van der Waals surface area (Å²) in [6.45, 7) is 2.24. The SMILES string of the molecule is CCC1(C(Cl)c2ccc(OC)c(Br)c2OC)CCCC1. The molecule has 1 atom stereocenters. The molecule has 112 valence electrons. The van der Waals surface area contributed by atoms with Gasteiger partial charge in [0, 0.05) is 5.56 Å². The fourth-order valence-electron chi connectivity index (χ4n) is 3.31. The van der Waals surface area contributed by atoms with E-state index in [0.29, 0.717) is 0 Å². The van der Waals surface area contributed by atoms with Crippen molar-refractivity contribution in [3.63, 3.8) is 0 Å². The van der Waals surface area contributed by atoms with Gasteiger partial charge in [-0.25, -0.2) is 0 Å². The average Bonchev–Trinajstić information content (AvgIpc) is 2.96. The largest absolute Gasteiger partial charge is 0.495 e. The summed E-state index contributed by atoms with van der Waals surface area (Å²) >= 11 is 10.4. The zero-order valence-corrected chi connectivity index (χ0v) is 14.7. The molecular formula is C16H22BrClO2. The Morgan fingerprint density at radius 3 is 2.40 bits per heavy atom. The highest BCUT2D eigenvalue weighted by Gasteiger charge is 2.41. The maximum atomic E-state index is 6.88. The van der Waals surface area contributed by atoms with Crippen LogP contribution in [0.15, 0.2) is 16.6 Å². The second-order valence-electron chi connectivity index (χ2n) is 5.49. The second kappa shape index (κ2) is 6.57. The molecule has 0 N–H and O–H groups in total. The van der Waals surface area contributed by atoms with E-state index in [2.05, 4.69) is 22.9 Å². The number of ether oxygens (including phenoxy) is 2.